The molecule has 1 aromatic heterocycles. The molecule has 1 heterocycles. The number of rotatable bonds is 4. The Kier molecular flexibility index (Phi) is 4.08. The molecule has 5 nitrogen and oxygen atoms in total. The lowest BCUT2D eigenvalue weighted by Crippen LogP contribution is -2.41. The minimum absolute atomic E-state index is 0.0570. The van der Waals surface area contributed by atoms with Crippen molar-refractivity contribution in [2.45, 2.75) is 45.1 Å². The minimum atomic E-state index is -0.0570. The van der Waals surface area contributed by atoms with Crippen LogP contribution in [-0.2, 0) is 6.42 Å². The number of urea groups is 1. The molecule has 1 aliphatic rings. The third kappa shape index (κ3) is 3.54. The molecule has 1 aliphatic carbocycles. The zero-order chi connectivity index (χ0) is 14.7. The Hall–Kier alpha value is -2.04. The fourth-order valence-corrected chi connectivity index (χ4v) is 2.87. The van der Waals surface area contributed by atoms with Crippen LogP contribution in [0.2, 0.25) is 0 Å². The molecule has 2 aromatic rings. The summed E-state index contributed by atoms with van der Waals surface area (Å²) in [7, 11) is 0. The number of carbonyl (C=O) groups is 1. The van der Waals surface area contributed by atoms with Gasteiger partial charge in [0, 0.05) is 19.5 Å². The highest BCUT2D eigenvalue weighted by molar-refractivity contribution is 5.74. The lowest BCUT2D eigenvalue weighted by atomic mass is 10.1. The zero-order valence-electron chi connectivity index (χ0n) is 12.3. The number of fused-ring (bicyclic) bond motifs is 1. The molecule has 0 radical (unpaired) electrons. The standard InChI is InChI=1S/C16H21N3O2/c1-11-18-14-7-6-12(10-15(14)21-11)8-9-17-16(20)19-13-4-2-3-5-13/h6-7,10,13H,2-5,8-9H2,1H3,(H2,17,19,20). The van der Waals surface area contributed by atoms with Crippen molar-refractivity contribution in [2.75, 3.05) is 6.54 Å². The maximum atomic E-state index is 11.8. The molecule has 0 bridgehead atoms. The van der Waals surface area contributed by atoms with Crippen molar-refractivity contribution in [1.29, 1.82) is 0 Å². The Balaban J connectivity index is 1.48. The largest absolute Gasteiger partial charge is 0.441 e. The van der Waals surface area contributed by atoms with E-state index in [0.29, 0.717) is 18.5 Å². The van der Waals surface area contributed by atoms with Crippen LogP contribution in [0.5, 0.6) is 0 Å². The first kappa shape index (κ1) is 13.9. The molecule has 3 rings (SSSR count). The van der Waals surface area contributed by atoms with E-state index in [4.69, 9.17) is 4.42 Å². The summed E-state index contributed by atoms with van der Waals surface area (Å²) in [5, 5.41) is 5.93. The number of carbonyl (C=O) groups excluding carboxylic acids is 1. The average molecular weight is 287 g/mol. The van der Waals surface area contributed by atoms with E-state index < -0.39 is 0 Å². The number of hydrogen-bond acceptors (Lipinski definition) is 3. The van der Waals surface area contributed by atoms with Gasteiger partial charge in [0.2, 0.25) is 0 Å². The second-order valence-electron chi connectivity index (χ2n) is 5.67. The Bertz CT molecular complexity index is 629. The van der Waals surface area contributed by atoms with E-state index in [-0.39, 0.29) is 6.03 Å². The van der Waals surface area contributed by atoms with Gasteiger partial charge in [0.1, 0.15) is 5.52 Å². The minimum Gasteiger partial charge on any atom is -0.441 e. The number of aromatic nitrogens is 1. The van der Waals surface area contributed by atoms with E-state index in [2.05, 4.69) is 15.6 Å². The molecule has 0 atom stereocenters. The Labute approximate surface area is 124 Å². The lowest BCUT2D eigenvalue weighted by molar-refractivity contribution is 0.237. The molecule has 0 aliphatic heterocycles. The van der Waals surface area contributed by atoms with Gasteiger partial charge in [-0.1, -0.05) is 18.9 Å². The molecule has 0 spiro atoms. The number of benzene rings is 1. The fourth-order valence-electron chi connectivity index (χ4n) is 2.87. The molecule has 0 saturated heterocycles. The molecular formula is C16H21N3O2. The SMILES string of the molecule is Cc1nc2ccc(CCNC(=O)NC3CCCC3)cc2o1. The van der Waals surface area contributed by atoms with Crippen molar-refractivity contribution in [3.05, 3.63) is 29.7 Å². The number of nitrogens with zero attached hydrogens (tertiary/aromatic N) is 1. The average Bonchev–Trinajstić information content (AvgIpc) is 3.06. The molecule has 2 N–H and O–H groups in total. The summed E-state index contributed by atoms with van der Waals surface area (Å²) in [6.45, 7) is 2.46. The number of nitrogens with one attached hydrogen (secondary N) is 2. The highest BCUT2D eigenvalue weighted by Crippen LogP contribution is 2.18. The first-order valence-corrected chi connectivity index (χ1v) is 7.61. The van der Waals surface area contributed by atoms with E-state index in [1.165, 1.54) is 12.8 Å². The van der Waals surface area contributed by atoms with Crippen molar-refractivity contribution >= 4 is 17.1 Å². The van der Waals surface area contributed by atoms with Gasteiger partial charge in [-0.3, -0.25) is 0 Å². The van der Waals surface area contributed by atoms with Crippen LogP contribution >= 0.6 is 0 Å². The van der Waals surface area contributed by atoms with Crippen LogP contribution in [-0.4, -0.2) is 23.6 Å². The molecule has 2 amide bonds. The molecule has 5 heteroatoms. The first-order chi connectivity index (χ1) is 10.2. The van der Waals surface area contributed by atoms with Gasteiger partial charge in [-0.25, -0.2) is 9.78 Å². The number of aryl methyl sites for hydroxylation is 1. The number of hydrogen-bond donors (Lipinski definition) is 2. The molecule has 112 valence electrons. The van der Waals surface area contributed by atoms with Gasteiger partial charge in [0.15, 0.2) is 11.5 Å². The summed E-state index contributed by atoms with van der Waals surface area (Å²) in [4.78, 5) is 16.0. The lowest BCUT2D eigenvalue weighted by Gasteiger charge is -2.12. The van der Waals surface area contributed by atoms with Gasteiger partial charge in [-0.05, 0) is 37.0 Å². The summed E-state index contributed by atoms with van der Waals surface area (Å²) in [6.07, 6.45) is 5.45. The third-order valence-electron chi connectivity index (χ3n) is 3.95. The Morgan fingerprint density at radius 2 is 2.19 bits per heavy atom. The van der Waals surface area contributed by atoms with Crippen LogP contribution in [0.25, 0.3) is 11.1 Å². The second-order valence-corrected chi connectivity index (χ2v) is 5.67. The Morgan fingerprint density at radius 1 is 1.38 bits per heavy atom. The second kappa shape index (κ2) is 6.16. The van der Waals surface area contributed by atoms with Crippen molar-refractivity contribution < 1.29 is 9.21 Å². The molecule has 0 unspecified atom stereocenters. The van der Waals surface area contributed by atoms with Gasteiger partial charge in [0.05, 0.1) is 0 Å². The van der Waals surface area contributed by atoms with Crippen molar-refractivity contribution in [2.24, 2.45) is 0 Å². The molecular weight excluding hydrogens is 266 g/mol. The van der Waals surface area contributed by atoms with Crippen molar-refractivity contribution in [1.82, 2.24) is 15.6 Å². The van der Waals surface area contributed by atoms with E-state index in [9.17, 15) is 4.79 Å². The normalized spacial score (nSPS) is 15.5. The highest BCUT2D eigenvalue weighted by Gasteiger charge is 2.16. The monoisotopic (exact) mass is 287 g/mol. The first-order valence-electron chi connectivity index (χ1n) is 7.61. The molecule has 21 heavy (non-hydrogen) atoms. The quantitative estimate of drug-likeness (QED) is 0.908. The summed E-state index contributed by atoms with van der Waals surface area (Å²) >= 11 is 0. The van der Waals surface area contributed by atoms with E-state index >= 15 is 0 Å². The summed E-state index contributed by atoms with van der Waals surface area (Å²) in [5.41, 5.74) is 2.82. The number of oxazole rings is 1. The molecule has 1 aromatic carbocycles. The summed E-state index contributed by atoms with van der Waals surface area (Å²) in [6, 6.07) is 6.28. The van der Waals surface area contributed by atoms with Crippen LogP contribution in [0, 0.1) is 6.92 Å². The zero-order valence-corrected chi connectivity index (χ0v) is 12.3. The van der Waals surface area contributed by atoms with Crippen LogP contribution in [0.1, 0.15) is 37.1 Å². The number of amides is 2. The smallest absolute Gasteiger partial charge is 0.315 e. The van der Waals surface area contributed by atoms with Crippen LogP contribution in [0.15, 0.2) is 22.6 Å². The van der Waals surface area contributed by atoms with E-state index in [1.54, 1.807) is 0 Å². The van der Waals surface area contributed by atoms with Crippen LogP contribution in [0.3, 0.4) is 0 Å². The summed E-state index contributed by atoms with van der Waals surface area (Å²) < 4.78 is 5.51. The van der Waals surface area contributed by atoms with Gasteiger partial charge >= 0.3 is 6.03 Å². The Morgan fingerprint density at radius 3 is 3.00 bits per heavy atom. The van der Waals surface area contributed by atoms with Crippen LogP contribution < -0.4 is 10.6 Å². The maximum Gasteiger partial charge on any atom is 0.315 e. The van der Waals surface area contributed by atoms with Crippen molar-refractivity contribution in [3.8, 4) is 0 Å². The van der Waals surface area contributed by atoms with E-state index in [0.717, 1.165) is 35.9 Å². The van der Waals surface area contributed by atoms with Gasteiger partial charge in [0.25, 0.3) is 0 Å². The van der Waals surface area contributed by atoms with Gasteiger partial charge < -0.3 is 15.1 Å². The predicted octanol–water partition coefficient (Wildman–Crippen LogP) is 2.92. The third-order valence-corrected chi connectivity index (χ3v) is 3.95. The predicted molar refractivity (Wildman–Crippen MR) is 81.2 cm³/mol. The fraction of sp³-hybridized carbons (Fsp3) is 0.500. The highest BCUT2D eigenvalue weighted by atomic mass is 16.3. The van der Waals surface area contributed by atoms with Crippen LogP contribution in [0.4, 0.5) is 4.79 Å². The van der Waals surface area contributed by atoms with Gasteiger partial charge in [-0.15, -0.1) is 0 Å². The van der Waals surface area contributed by atoms with Gasteiger partial charge in [-0.2, -0.15) is 0 Å². The molecule has 1 fully saturated rings. The maximum absolute atomic E-state index is 11.8. The van der Waals surface area contributed by atoms with Crippen molar-refractivity contribution in [3.63, 3.8) is 0 Å². The topological polar surface area (TPSA) is 67.2 Å². The molecule has 1 saturated carbocycles. The van der Waals surface area contributed by atoms with E-state index in [1.807, 2.05) is 25.1 Å². The summed E-state index contributed by atoms with van der Waals surface area (Å²) in [5.74, 6) is 0.677.